The first kappa shape index (κ1) is 12.1. The van der Waals surface area contributed by atoms with E-state index in [0.29, 0.717) is 5.56 Å². The number of hydrogen-bond donors (Lipinski definition) is 0. The smallest absolute Gasteiger partial charge is 0.121 e. The maximum atomic E-state index is 8.77. The normalized spacial score (nSPS) is 9.67. The van der Waals surface area contributed by atoms with Gasteiger partial charge in [0.15, 0.2) is 0 Å². The highest BCUT2D eigenvalue weighted by Gasteiger charge is 1.99. The Kier molecular flexibility index (Phi) is 5.20. The fourth-order valence-electron chi connectivity index (χ4n) is 1.25. The van der Waals surface area contributed by atoms with Crippen LogP contribution < -0.4 is 4.74 Å². The van der Waals surface area contributed by atoms with Crippen LogP contribution >= 0.6 is 15.9 Å². The molecule has 1 rings (SSSR count). The van der Waals surface area contributed by atoms with Crippen molar-refractivity contribution in [3.63, 3.8) is 0 Å². The first-order valence-electron chi connectivity index (χ1n) is 5.09. The van der Waals surface area contributed by atoms with Crippen LogP contribution in [-0.4, -0.2) is 6.61 Å². The zero-order valence-corrected chi connectivity index (χ0v) is 10.4. The molecule has 0 saturated carbocycles. The van der Waals surface area contributed by atoms with Gasteiger partial charge in [-0.15, -0.1) is 0 Å². The fraction of sp³-hybridized carbons (Fsp3) is 0.417. The Morgan fingerprint density at radius 3 is 2.80 bits per heavy atom. The van der Waals surface area contributed by atoms with E-state index in [1.165, 1.54) is 12.8 Å². The molecule has 0 fully saturated rings. The molecule has 0 radical (unpaired) electrons. The summed E-state index contributed by atoms with van der Waals surface area (Å²) in [6, 6.07) is 7.52. The Morgan fingerprint density at radius 2 is 2.13 bits per heavy atom. The van der Waals surface area contributed by atoms with Crippen LogP contribution in [0.5, 0.6) is 5.75 Å². The second-order valence-corrected chi connectivity index (χ2v) is 4.26. The van der Waals surface area contributed by atoms with Gasteiger partial charge in [0.05, 0.1) is 18.2 Å². The quantitative estimate of drug-likeness (QED) is 0.759. The van der Waals surface area contributed by atoms with E-state index in [1.807, 2.05) is 6.07 Å². The number of halogens is 1. The molecule has 80 valence electrons. The summed E-state index contributed by atoms with van der Waals surface area (Å²) in [5, 5.41) is 8.77. The average Bonchev–Trinajstić information content (AvgIpc) is 2.23. The lowest BCUT2D eigenvalue weighted by atomic mass is 10.2. The third-order valence-corrected chi connectivity index (χ3v) is 2.47. The highest BCUT2D eigenvalue weighted by Crippen LogP contribution is 2.21. The average molecular weight is 268 g/mol. The molecule has 0 N–H and O–H groups in total. The van der Waals surface area contributed by atoms with Crippen molar-refractivity contribution in [2.75, 3.05) is 6.61 Å². The maximum Gasteiger partial charge on any atom is 0.121 e. The lowest BCUT2D eigenvalue weighted by molar-refractivity contribution is 0.306. The van der Waals surface area contributed by atoms with E-state index in [0.717, 1.165) is 23.2 Å². The molecule has 0 unspecified atom stereocenters. The molecule has 0 aliphatic carbocycles. The van der Waals surface area contributed by atoms with Crippen LogP contribution in [-0.2, 0) is 0 Å². The summed E-state index contributed by atoms with van der Waals surface area (Å²) in [6.07, 6.45) is 3.43. The Hall–Kier alpha value is -1.01. The molecule has 0 heterocycles. The third kappa shape index (κ3) is 4.35. The monoisotopic (exact) mass is 267 g/mol. The van der Waals surface area contributed by atoms with Gasteiger partial charge in [0.1, 0.15) is 5.75 Å². The van der Waals surface area contributed by atoms with Crippen molar-refractivity contribution >= 4 is 15.9 Å². The van der Waals surface area contributed by atoms with Crippen molar-refractivity contribution in [3.05, 3.63) is 28.2 Å². The summed E-state index contributed by atoms with van der Waals surface area (Å²) < 4.78 is 6.43. The van der Waals surface area contributed by atoms with E-state index < -0.39 is 0 Å². The Balaban J connectivity index is 2.54. The summed E-state index contributed by atoms with van der Waals surface area (Å²) in [6.45, 7) is 2.88. The van der Waals surface area contributed by atoms with Crippen molar-refractivity contribution in [1.29, 1.82) is 5.26 Å². The highest BCUT2D eigenvalue weighted by atomic mass is 79.9. The second-order valence-electron chi connectivity index (χ2n) is 3.34. The van der Waals surface area contributed by atoms with Gasteiger partial charge in [0.25, 0.3) is 0 Å². The zero-order chi connectivity index (χ0) is 11.1. The predicted octanol–water partition coefficient (Wildman–Crippen LogP) is 3.89. The van der Waals surface area contributed by atoms with Gasteiger partial charge < -0.3 is 4.74 Å². The van der Waals surface area contributed by atoms with E-state index in [9.17, 15) is 0 Å². The molecule has 0 aliphatic rings. The molecule has 1 aromatic rings. The molecule has 2 nitrogen and oxygen atoms in total. The molecule has 0 spiro atoms. The van der Waals surface area contributed by atoms with Gasteiger partial charge in [-0.05, 0) is 24.6 Å². The number of nitrogens with zero attached hydrogens (tertiary/aromatic N) is 1. The van der Waals surface area contributed by atoms with E-state index >= 15 is 0 Å². The molecule has 0 amide bonds. The number of ether oxygens (including phenoxy) is 1. The number of unbranched alkanes of at least 4 members (excludes halogenated alkanes) is 2. The van der Waals surface area contributed by atoms with Gasteiger partial charge in [-0.3, -0.25) is 0 Å². The standard InChI is InChI=1S/C12H14BrNO/c1-2-3-4-5-15-12-7-10(9-14)6-11(13)8-12/h6-8H,2-5H2,1H3. The van der Waals surface area contributed by atoms with Gasteiger partial charge in [0, 0.05) is 4.47 Å². The van der Waals surface area contributed by atoms with Gasteiger partial charge in [-0.25, -0.2) is 0 Å². The van der Waals surface area contributed by atoms with E-state index in [1.54, 1.807) is 12.1 Å². The van der Waals surface area contributed by atoms with Crippen molar-refractivity contribution in [2.45, 2.75) is 26.2 Å². The molecule has 0 saturated heterocycles. The first-order chi connectivity index (χ1) is 7.26. The molecule has 0 aromatic heterocycles. The third-order valence-electron chi connectivity index (χ3n) is 2.02. The molecule has 0 aliphatic heterocycles. The van der Waals surface area contributed by atoms with Crippen molar-refractivity contribution in [3.8, 4) is 11.8 Å². The van der Waals surface area contributed by atoms with Crippen molar-refractivity contribution < 1.29 is 4.74 Å². The van der Waals surface area contributed by atoms with E-state index in [2.05, 4.69) is 28.9 Å². The number of rotatable bonds is 5. The summed E-state index contributed by atoms with van der Waals surface area (Å²) in [5.41, 5.74) is 0.620. The van der Waals surface area contributed by atoms with Gasteiger partial charge in [-0.2, -0.15) is 5.26 Å². The zero-order valence-electron chi connectivity index (χ0n) is 8.79. The van der Waals surface area contributed by atoms with Gasteiger partial charge in [0.2, 0.25) is 0 Å². The van der Waals surface area contributed by atoms with Crippen LogP contribution in [0.1, 0.15) is 31.7 Å². The summed E-state index contributed by atoms with van der Waals surface area (Å²) in [5.74, 6) is 0.761. The van der Waals surface area contributed by atoms with Crippen LogP contribution in [0.25, 0.3) is 0 Å². The first-order valence-corrected chi connectivity index (χ1v) is 5.89. The summed E-state index contributed by atoms with van der Waals surface area (Å²) in [7, 11) is 0. The molecular weight excluding hydrogens is 254 g/mol. The Labute approximate surface area is 99.0 Å². The summed E-state index contributed by atoms with van der Waals surface area (Å²) >= 11 is 3.35. The summed E-state index contributed by atoms with van der Waals surface area (Å²) in [4.78, 5) is 0. The Morgan fingerprint density at radius 1 is 1.33 bits per heavy atom. The largest absolute Gasteiger partial charge is 0.494 e. The molecule has 15 heavy (non-hydrogen) atoms. The lowest BCUT2D eigenvalue weighted by Crippen LogP contribution is -1.97. The van der Waals surface area contributed by atoms with Crippen LogP contribution in [0.15, 0.2) is 22.7 Å². The topological polar surface area (TPSA) is 33.0 Å². The second kappa shape index (κ2) is 6.47. The van der Waals surface area contributed by atoms with Gasteiger partial charge >= 0.3 is 0 Å². The Bertz CT molecular complexity index is 357. The molecular formula is C12H14BrNO. The predicted molar refractivity (Wildman–Crippen MR) is 63.9 cm³/mol. The van der Waals surface area contributed by atoms with Gasteiger partial charge in [-0.1, -0.05) is 35.7 Å². The number of hydrogen-bond acceptors (Lipinski definition) is 2. The number of benzene rings is 1. The van der Waals surface area contributed by atoms with Crippen molar-refractivity contribution in [2.24, 2.45) is 0 Å². The fourth-order valence-corrected chi connectivity index (χ4v) is 1.72. The van der Waals surface area contributed by atoms with Crippen LogP contribution in [0.2, 0.25) is 0 Å². The minimum Gasteiger partial charge on any atom is -0.494 e. The highest BCUT2D eigenvalue weighted by molar-refractivity contribution is 9.10. The van der Waals surface area contributed by atoms with Crippen LogP contribution in [0.3, 0.4) is 0 Å². The molecule has 0 bridgehead atoms. The van der Waals surface area contributed by atoms with Crippen molar-refractivity contribution in [1.82, 2.24) is 0 Å². The van der Waals surface area contributed by atoms with E-state index in [-0.39, 0.29) is 0 Å². The number of nitriles is 1. The SMILES string of the molecule is CCCCCOc1cc(Br)cc(C#N)c1. The molecule has 0 atom stereocenters. The van der Waals surface area contributed by atoms with Crippen LogP contribution in [0.4, 0.5) is 0 Å². The minimum absolute atomic E-state index is 0.620. The van der Waals surface area contributed by atoms with E-state index in [4.69, 9.17) is 10.00 Å². The van der Waals surface area contributed by atoms with Crippen LogP contribution in [0, 0.1) is 11.3 Å². The lowest BCUT2D eigenvalue weighted by Gasteiger charge is -2.06. The minimum atomic E-state index is 0.620. The molecule has 1 aromatic carbocycles. The molecule has 3 heteroatoms. The maximum absolute atomic E-state index is 8.77.